The van der Waals surface area contributed by atoms with Crippen LogP contribution in [0.1, 0.15) is 11.1 Å². The topological polar surface area (TPSA) is 91.4 Å². The van der Waals surface area contributed by atoms with Crippen LogP contribution in [0.3, 0.4) is 0 Å². The molecule has 0 bridgehead atoms. The summed E-state index contributed by atoms with van der Waals surface area (Å²) in [5, 5.41) is 19.2. The van der Waals surface area contributed by atoms with Crippen LogP contribution >= 0.6 is 0 Å². The molecule has 1 heterocycles. The molecule has 2 aromatic rings. The molecular weight excluding hydrogens is 334 g/mol. The number of hydrogen-bond donors (Lipinski definition) is 0. The molecule has 0 saturated heterocycles. The van der Waals surface area contributed by atoms with E-state index < -0.39 is 4.92 Å². The highest BCUT2D eigenvalue weighted by molar-refractivity contribution is 6.54. The molecule has 0 aromatic heterocycles. The van der Waals surface area contributed by atoms with E-state index in [1.54, 1.807) is 38.2 Å². The maximum absolute atomic E-state index is 12.3. The van der Waals surface area contributed by atoms with E-state index in [0.717, 1.165) is 5.69 Å². The fraction of sp³-hybridized carbons (Fsp3) is 0.167. The maximum Gasteiger partial charge on any atom is 0.293 e. The summed E-state index contributed by atoms with van der Waals surface area (Å²) in [5.74, 6) is -0.239. The summed E-state index contributed by atoms with van der Waals surface area (Å²) in [6, 6.07) is 12.1. The molecule has 0 N–H and O–H groups in total. The Morgan fingerprint density at radius 3 is 2.62 bits per heavy atom. The lowest BCUT2D eigenvalue weighted by Crippen LogP contribution is -2.25. The lowest BCUT2D eigenvalue weighted by Gasteiger charge is -2.12. The lowest BCUT2D eigenvalue weighted by molar-refractivity contribution is -0.384. The summed E-state index contributed by atoms with van der Waals surface area (Å²) in [6.07, 6.45) is 1.40. The van der Waals surface area contributed by atoms with E-state index in [1.165, 1.54) is 17.2 Å². The minimum absolute atomic E-state index is 0.0198. The van der Waals surface area contributed by atoms with Crippen molar-refractivity contribution in [3.05, 3.63) is 63.7 Å². The van der Waals surface area contributed by atoms with E-state index >= 15 is 0 Å². The van der Waals surface area contributed by atoms with Crippen molar-refractivity contribution in [2.45, 2.75) is 0 Å². The number of benzene rings is 2. The van der Waals surface area contributed by atoms with E-state index in [2.05, 4.69) is 10.2 Å². The Balaban J connectivity index is 1.92. The van der Waals surface area contributed by atoms with Gasteiger partial charge in [-0.05, 0) is 12.1 Å². The molecule has 1 amide bonds. The van der Waals surface area contributed by atoms with Gasteiger partial charge in [-0.2, -0.15) is 5.10 Å². The van der Waals surface area contributed by atoms with Gasteiger partial charge in [0.1, 0.15) is 5.69 Å². The Kier molecular flexibility index (Phi) is 4.49. The van der Waals surface area contributed by atoms with Crippen molar-refractivity contribution in [2.24, 2.45) is 10.2 Å². The largest absolute Gasteiger partial charge is 0.372 e. The lowest BCUT2D eigenvalue weighted by atomic mass is 10.1. The van der Waals surface area contributed by atoms with Gasteiger partial charge in [-0.3, -0.25) is 14.9 Å². The zero-order valence-corrected chi connectivity index (χ0v) is 14.6. The Morgan fingerprint density at radius 1 is 1.19 bits per heavy atom. The van der Waals surface area contributed by atoms with Crippen molar-refractivity contribution >= 4 is 34.9 Å². The monoisotopic (exact) mass is 351 g/mol. The molecule has 2 aromatic carbocycles. The molecule has 26 heavy (non-hydrogen) atoms. The van der Waals surface area contributed by atoms with Crippen molar-refractivity contribution in [1.29, 1.82) is 0 Å². The van der Waals surface area contributed by atoms with Crippen molar-refractivity contribution in [1.82, 2.24) is 0 Å². The molecule has 0 fully saturated rings. The van der Waals surface area contributed by atoms with Crippen molar-refractivity contribution in [3.63, 3.8) is 0 Å². The second-order valence-electron chi connectivity index (χ2n) is 5.97. The number of carbonyl (C=O) groups is 1. The third-order valence-electron chi connectivity index (χ3n) is 4.07. The quantitative estimate of drug-likeness (QED) is 0.480. The van der Waals surface area contributed by atoms with Gasteiger partial charge in [0, 0.05) is 38.3 Å². The Morgan fingerprint density at radius 2 is 1.92 bits per heavy atom. The van der Waals surface area contributed by atoms with E-state index in [-0.39, 0.29) is 17.3 Å². The molecule has 0 radical (unpaired) electrons. The summed E-state index contributed by atoms with van der Waals surface area (Å²) in [5.41, 5.74) is 2.75. The van der Waals surface area contributed by atoms with Gasteiger partial charge in [0.2, 0.25) is 0 Å². The van der Waals surface area contributed by atoms with Gasteiger partial charge in [-0.25, -0.2) is 0 Å². The predicted molar refractivity (Wildman–Crippen MR) is 101 cm³/mol. The van der Waals surface area contributed by atoms with E-state index in [4.69, 9.17) is 0 Å². The Bertz CT molecular complexity index is 950. The van der Waals surface area contributed by atoms with Gasteiger partial charge >= 0.3 is 0 Å². The number of nitrogens with zero attached hydrogens (tertiary/aromatic N) is 5. The number of amides is 1. The summed E-state index contributed by atoms with van der Waals surface area (Å²) in [4.78, 5) is 26.3. The Labute approximate surface area is 150 Å². The summed E-state index contributed by atoms with van der Waals surface area (Å²) in [6.45, 7) is 0. The fourth-order valence-electron chi connectivity index (χ4n) is 2.74. The van der Waals surface area contributed by atoms with E-state index in [9.17, 15) is 14.9 Å². The van der Waals surface area contributed by atoms with Gasteiger partial charge in [-0.15, -0.1) is 5.10 Å². The maximum atomic E-state index is 12.3. The van der Waals surface area contributed by atoms with Gasteiger partial charge in [0.05, 0.1) is 16.8 Å². The first-order valence-electron chi connectivity index (χ1n) is 7.84. The highest BCUT2D eigenvalue weighted by atomic mass is 16.6. The van der Waals surface area contributed by atoms with Gasteiger partial charge in [0.15, 0.2) is 5.71 Å². The smallest absolute Gasteiger partial charge is 0.293 e. The minimum atomic E-state index is -0.440. The highest BCUT2D eigenvalue weighted by Gasteiger charge is 2.31. The average Bonchev–Trinajstić information content (AvgIpc) is 2.86. The minimum Gasteiger partial charge on any atom is -0.372 e. The van der Waals surface area contributed by atoms with Crippen LogP contribution in [0.4, 0.5) is 17.1 Å². The standard InChI is InChI=1S/C18H17N5O3/c1-21(2)15-9-8-12(10-16(15)23(25)26)11-19-20-17-13-6-4-5-7-14(13)22(3)18(17)24/h4-11H,1-3H3/b19-11-,20-17-. The first-order valence-corrected chi connectivity index (χ1v) is 7.84. The number of para-hydroxylation sites is 1. The predicted octanol–water partition coefficient (Wildman–Crippen LogP) is 2.46. The Hall–Kier alpha value is -3.55. The van der Waals surface area contributed by atoms with Crippen LogP contribution in [0.15, 0.2) is 52.7 Å². The zero-order valence-electron chi connectivity index (χ0n) is 14.6. The molecule has 8 heteroatoms. The number of nitro benzene ring substituents is 1. The molecule has 0 unspecified atom stereocenters. The van der Waals surface area contributed by atoms with Crippen LogP contribution in [0.5, 0.6) is 0 Å². The molecule has 1 aliphatic rings. The van der Waals surface area contributed by atoms with Crippen LogP contribution in [0.2, 0.25) is 0 Å². The van der Waals surface area contributed by atoms with Crippen molar-refractivity contribution < 1.29 is 9.72 Å². The number of rotatable bonds is 4. The molecule has 3 rings (SSSR count). The number of fused-ring (bicyclic) bond motifs is 1. The van der Waals surface area contributed by atoms with Crippen LogP contribution in [0.25, 0.3) is 0 Å². The van der Waals surface area contributed by atoms with Crippen molar-refractivity contribution in [3.8, 4) is 0 Å². The second kappa shape index (κ2) is 6.75. The molecule has 132 valence electrons. The molecular formula is C18H17N5O3. The van der Waals surface area contributed by atoms with E-state index in [0.29, 0.717) is 16.8 Å². The first-order chi connectivity index (χ1) is 12.4. The number of anilines is 2. The zero-order chi connectivity index (χ0) is 18.8. The summed E-state index contributed by atoms with van der Waals surface area (Å²) >= 11 is 0. The van der Waals surface area contributed by atoms with Crippen LogP contribution < -0.4 is 9.80 Å². The fourth-order valence-corrected chi connectivity index (χ4v) is 2.74. The van der Waals surface area contributed by atoms with Gasteiger partial charge < -0.3 is 9.80 Å². The molecule has 0 spiro atoms. The summed E-state index contributed by atoms with van der Waals surface area (Å²) in [7, 11) is 5.15. The number of carbonyl (C=O) groups excluding carboxylic acids is 1. The first kappa shape index (κ1) is 17.3. The molecule has 0 atom stereocenters. The van der Waals surface area contributed by atoms with Crippen LogP contribution in [-0.2, 0) is 4.79 Å². The number of nitro groups is 1. The highest BCUT2D eigenvalue weighted by Crippen LogP contribution is 2.28. The van der Waals surface area contributed by atoms with Crippen molar-refractivity contribution in [2.75, 3.05) is 30.9 Å². The molecule has 0 aliphatic carbocycles. The third-order valence-corrected chi connectivity index (χ3v) is 4.07. The third kappa shape index (κ3) is 3.04. The second-order valence-corrected chi connectivity index (χ2v) is 5.97. The number of likely N-dealkylation sites (N-methyl/N-ethyl adjacent to an activating group) is 1. The van der Waals surface area contributed by atoms with Crippen LogP contribution in [-0.4, -0.2) is 43.9 Å². The molecule has 1 aliphatic heterocycles. The van der Waals surface area contributed by atoms with Gasteiger partial charge in [0.25, 0.3) is 11.6 Å². The molecule has 0 saturated carbocycles. The normalized spacial score (nSPS) is 15.0. The van der Waals surface area contributed by atoms with Gasteiger partial charge in [-0.1, -0.05) is 24.3 Å². The van der Waals surface area contributed by atoms with Crippen LogP contribution in [0, 0.1) is 10.1 Å². The van der Waals surface area contributed by atoms with E-state index in [1.807, 2.05) is 24.3 Å². The number of hydrogen-bond acceptors (Lipinski definition) is 6. The SMILES string of the molecule is CN(C)c1ccc(/C=N\N=C2/C(=O)N(C)c3ccccc32)cc1[N+](=O)[O-]. The molecule has 8 nitrogen and oxygen atoms in total. The average molecular weight is 351 g/mol. The summed E-state index contributed by atoms with van der Waals surface area (Å²) < 4.78 is 0.